The van der Waals surface area contributed by atoms with Gasteiger partial charge in [-0.05, 0) is 25.0 Å². The van der Waals surface area contributed by atoms with Gasteiger partial charge in [0.1, 0.15) is 11.3 Å². The summed E-state index contributed by atoms with van der Waals surface area (Å²) in [6, 6.07) is 3.97. The zero-order chi connectivity index (χ0) is 13.5. The monoisotopic (exact) mass is 259 g/mol. The SMILES string of the molecule is CC(C)(C)c1nc2cccnc2n1CC1CCCO1. The third kappa shape index (κ3) is 2.37. The van der Waals surface area contributed by atoms with Crippen LogP contribution in [0.4, 0.5) is 0 Å². The van der Waals surface area contributed by atoms with Crippen molar-refractivity contribution in [1.82, 2.24) is 14.5 Å². The van der Waals surface area contributed by atoms with Crippen LogP contribution < -0.4 is 0 Å². The fraction of sp³-hybridized carbons (Fsp3) is 0.600. The highest BCUT2D eigenvalue weighted by atomic mass is 16.5. The Morgan fingerprint density at radius 2 is 2.26 bits per heavy atom. The molecule has 1 fully saturated rings. The van der Waals surface area contributed by atoms with E-state index in [-0.39, 0.29) is 5.41 Å². The lowest BCUT2D eigenvalue weighted by Gasteiger charge is -2.21. The topological polar surface area (TPSA) is 39.9 Å². The van der Waals surface area contributed by atoms with E-state index < -0.39 is 0 Å². The number of aromatic nitrogens is 3. The van der Waals surface area contributed by atoms with Gasteiger partial charge < -0.3 is 9.30 Å². The van der Waals surface area contributed by atoms with Gasteiger partial charge in [-0.25, -0.2) is 9.97 Å². The van der Waals surface area contributed by atoms with Crippen molar-refractivity contribution >= 4 is 11.2 Å². The zero-order valence-electron chi connectivity index (χ0n) is 11.9. The lowest BCUT2D eigenvalue weighted by Crippen LogP contribution is -2.23. The summed E-state index contributed by atoms with van der Waals surface area (Å²) in [4.78, 5) is 9.27. The van der Waals surface area contributed by atoms with Crippen LogP contribution >= 0.6 is 0 Å². The molecule has 4 nitrogen and oxygen atoms in total. The average molecular weight is 259 g/mol. The molecule has 0 amide bonds. The molecule has 19 heavy (non-hydrogen) atoms. The van der Waals surface area contributed by atoms with Crippen molar-refractivity contribution in [1.29, 1.82) is 0 Å². The second-order valence-electron chi connectivity index (χ2n) is 6.28. The van der Waals surface area contributed by atoms with Gasteiger partial charge in [0.05, 0.1) is 12.6 Å². The van der Waals surface area contributed by atoms with E-state index in [9.17, 15) is 0 Å². The number of ether oxygens (including phenoxy) is 1. The van der Waals surface area contributed by atoms with Crippen molar-refractivity contribution in [2.24, 2.45) is 0 Å². The molecule has 3 rings (SSSR count). The highest BCUT2D eigenvalue weighted by Crippen LogP contribution is 2.27. The van der Waals surface area contributed by atoms with E-state index in [2.05, 4.69) is 30.3 Å². The highest BCUT2D eigenvalue weighted by Gasteiger charge is 2.26. The normalized spacial score (nSPS) is 20.3. The summed E-state index contributed by atoms with van der Waals surface area (Å²) in [6.45, 7) is 8.33. The molecule has 0 saturated carbocycles. The number of hydrogen-bond acceptors (Lipinski definition) is 3. The molecule has 1 saturated heterocycles. The Balaban J connectivity index is 2.07. The van der Waals surface area contributed by atoms with Gasteiger partial charge in [0.15, 0.2) is 5.65 Å². The number of imidazole rings is 1. The van der Waals surface area contributed by atoms with E-state index in [4.69, 9.17) is 9.72 Å². The molecule has 0 aliphatic carbocycles. The molecule has 1 unspecified atom stereocenters. The molecule has 0 spiro atoms. The smallest absolute Gasteiger partial charge is 0.160 e. The first-order valence-corrected chi connectivity index (χ1v) is 6.99. The summed E-state index contributed by atoms with van der Waals surface area (Å²) in [6.07, 6.45) is 4.44. The summed E-state index contributed by atoms with van der Waals surface area (Å²) < 4.78 is 8.01. The fourth-order valence-electron chi connectivity index (χ4n) is 2.70. The average Bonchev–Trinajstić information content (AvgIpc) is 2.97. The zero-order valence-corrected chi connectivity index (χ0v) is 11.9. The van der Waals surface area contributed by atoms with Crippen LogP contribution in [-0.2, 0) is 16.7 Å². The lowest BCUT2D eigenvalue weighted by molar-refractivity contribution is 0.0964. The first-order valence-electron chi connectivity index (χ1n) is 6.99. The molecule has 2 aromatic heterocycles. The fourth-order valence-corrected chi connectivity index (χ4v) is 2.70. The third-order valence-electron chi connectivity index (χ3n) is 3.58. The van der Waals surface area contributed by atoms with Gasteiger partial charge in [0.2, 0.25) is 0 Å². The molecule has 1 atom stereocenters. The van der Waals surface area contributed by atoms with E-state index in [1.54, 1.807) is 0 Å². The summed E-state index contributed by atoms with van der Waals surface area (Å²) in [5.41, 5.74) is 1.97. The molecule has 0 aromatic carbocycles. The Morgan fingerprint density at radius 3 is 2.95 bits per heavy atom. The molecule has 4 heteroatoms. The first kappa shape index (κ1) is 12.6. The van der Waals surface area contributed by atoms with Gasteiger partial charge >= 0.3 is 0 Å². The molecular formula is C15H21N3O. The molecule has 1 aliphatic rings. The van der Waals surface area contributed by atoms with Crippen LogP contribution in [-0.4, -0.2) is 27.2 Å². The van der Waals surface area contributed by atoms with Gasteiger partial charge in [-0.1, -0.05) is 20.8 Å². The first-order chi connectivity index (χ1) is 9.05. The molecule has 0 radical (unpaired) electrons. The molecular weight excluding hydrogens is 238 g/mol. The van der Waals surface area contributed by atoms with Gasteiger partial charge in [-0.3, -0.25) is 0 Å². The van der Waals surface area contributed by atoms with E-state index in [0.717, 1.165) is 43.0 Å². The van der Waals surface area contributed by atoms with Gasteiger partial charge in [0, 0.05) is 18.2 Å². The van der Waals surface area contributed by atoms with Crippen molar-refractivity contribution in [2.45, 2.75) is 51.7 Å². The maximum atomic E-state index is 5.77. The second kappa shape index (κ2) is 4.60. The van der Waals surface area contributed by atoms with Gasteiger partial charge in [-0.15, -0.1) is 0 Å². The van der Waals surface area contributed by atoms with E-state index in [0.29, 0.717) is 6.10 Å². The molecule has 1 aliphatic heterocycles. The number of rotatable bonds is 2. The summed E-state index contributed by atoms with van der Waals surface area (Å²) in [5.74, 6) is 1.09. The highest BCUT2D eigenvalue weighted by molar-refractivity contribution is 5.71. The van der Waals surface area contributed by atoms with Crippen LogP contribution in [0.5, 0.6) is 0 Å². The predicted octanol–water partition coefficient (Wildman–Crippen LogP) is 2.91. The minimum absolute atomic E-state index is 0.0132. The lowest BCUT2D eigenvalue weighted by atomic mass is 9.95. The summed E-state index contributed by atoms with van der Waals surface area (Å²) in [5, 5.41) is 0. The molecule has 2 aromatic rings. The van der Waals surface area contributed by atoms with Crippen molar-refractivity contribution in [2.75, 3.05) is 6.61 Å². The minimum atomic E-state index is 0.0132. The third-order valence-corrected chi connectivity index (χ3v) is 3.58. The standard InChI is InChI=1S/C15H21N3O/c1-15(2,3)14-17-12-7-4-8-16-13(12)18(14)10-11-6-5-9-19-11/h4,7-8,11H,5-6,9-10H2,1-3H3. The van der Waals surface area contributed by atoms with Crippen LogP contribution in [0.25, 0.3) is 11.2 Å². The number of fused-ring (bicyclic) bond motifs is 1. The van der Waals surface area contributed by atoms with E-state index >= 15 is 0 Å². The van der Waals surface area contributed by atoms with E-state index in [1.165, 1.54) is 0 Å². The molecule has 0 N–H and O–H groups in total. The van der Waals surface area contributed by atoms with Crippen LogP contribution in [0.2, 0.25) is 0 Å². The van der Waals surface area contributed by atoms with Crippen LogP contribution in [0, 0.1) is 0 Å². The second-order valence-corrected chi connectivity index (χ2v) is 6.28. The molecule has 3 heterocycles. The Morgan fingerprint density at radius 1 is 1.42 bits per heavy atom. The maximum Gasteiger partial charge on any atom is 0.160 e. The predicted molar refractivity (Wildman–Crippen MR) is 75.2 cm³/mol. The Kier molecular flexibility index (Phi) is 3.05. The summed E-state index contributed by atoms with van der Waals surface area (Å²) >= 11 is 0. The van der Waals surface area contributed by atoms with Crippen LogP contribution in [0.1, 0.15) is 39.4 Å². The minimum Gasteiger partial charge on any atom is -0.376 e. The Bertz CT molecular complexity index is 577. The maximum absolute atomic E-state index is 5.77. The van der Waals surface area contributed by atoms with Crippen LogP contribution in [0.3, 0.4) is 0 Å². The molecule has 0 bridgehead atoms. The van der Waals surface area contributed by atoms with Gasteiger partial charge in [-0.2, -0.15) is 0 Å². The molecule has 102 valence electrons. The Hall–Kier alpha value is -1.42. The van der Waals surface area contributed by atoms with Crippen molar-refractivity contribution in [3.05, 3.63) is 24.2 Å². The van der Waals surface area contributed by atoms with Crippen molar-refractivity contribution < 1.29 is 4.74 Å². The number of hydrogen-bond donors (Lipinski definition) is 0. The van der Waals surface area contributed by atoms with Crippen molar-refractivity contribution in [3.63, 3.8) is 0 Å². The number of pyridine rings is 1. The van der Waals surface area contributed by atoms with Crippen LogP contribution in [0.15, 0.2) is 18.3 Å². The number of nitrogens with zero attached hydrogens (tertiary/aromatic N) is 3. The van der Waals surface area contributed by atoms with Crippen molar-refractivity contribution in [3.8, 4) is 0 Å². The summed E-state index contributed by atoms with van der Waals surface area (Å²) in [7, 11) is 0. The van der Waals surface area contributed by atoms with Gasteiger partial charge in [0.25, 0.3) is 0 Å². The Labute approximate surface area is 113 Å². The van der Waals surface area contributed by atoms with E-state index in [1.807, 2.05) is 18.3 Å². The quantitative estimate of drug-likeness (QED) is 0.832. The largest absolute Gasteiger partial charge is 0.376 e.